The van der Waals surface area contributed by atoms with Crippen molar-refractivity contribution in [3.05, 3.63) is 20.8 Å². The normalized spacial score (nSPS) is 10.8. The molecule has 0 fully saturated rings. The number of rotatable bonds is 6. The van der Waals surface area contributed by atoms with Crippen molar-refractivity contribution in [2.45, 2.75) is 19.9 Å². The number of carbonyl (C=O) groups is 1. The Morgan fingerprint density at radius 3 is 2.81 bits per heavy atom. The predicted octanol–water partition coefficient (Wildman–Crippen LogP) is 2.90. The van der Waals surface area contributed by atoms with E-state index in [1.165, 1.54) is 12.0 Å². The smallest absolute Gasteiger partial charge is 0.319 e. The highest BCUT2D eigenvalue weighted by Crippen LogP contribution is 2.23. The first-order valence-electron chi connectivity index (χ1n) is 5.19. The molecular formula is C11H16BrNO2S. The number of hydrogen-bond acceptors (Lipinski definition) is 4. The molecule has 0 bridgehead atoms. The number of nitrogens with zero attached hydrogens (tertiary/aromatic N) is 1. The van der Waals surface area contributed by atoms with Gasteiger partial charge in [0, 0.05) is 11.4 Å². The summed E-state index contributed by atoms with van der Waals surface area (Å²) >= 11 is 5.13. The molecule has 0 radical (unpaired) electrons. The second-order valence-corrected chi connectivity index (χ2v) is 6.04. The quantitative estimate of drug-likeness (QED) is 0.757. The van der Waals surface area contributed by atoms with Gasteiger partial charge in [0.05, 0.1) is 17.4 Å². The minimum absolute atomic E-state index is 0.177. The van der Waals surface area contributed by atoms with E-state index >= 15 is 0 Å². The first-order chi connectivity index (χ1) is 7.65. The average molecular weight is 306 g/mol. The number of thiophene rings is 1. The van der Waals surface area contributed by atoms with E-state index in [-0.39, 0.29) is 5.97 Å². The first-order valence-corrected chi connectivity index (χ1v) is 6.80. The number of halogens is 1. The van der Waals surface area contributed by atoms with Crippen molar-refractivity contribution >= 4 is 33.2 Å². The van der Waals surface area contributed by atoms with Crippen LogP contribution in [0.15, 0.2) is 15.9 Å². The Labute approximate surface area is 109 Å². The van der Waals surface area contributed by atoms with Crippen molar-refractivity contribution in [1.82, 2.24) is 4.90 Å². The molecule has 0 aliphatic heterocycles. The van der Waals surface area contributed by atoms with Crippen LogP contribution in [0.5, 0.6) is 0 Å². The second kappa shape index (κ2) is 7.04. The van der Waals surface area contributed by atoms with E-state index in [1.54, 1.807) is 11.3 Å². The van der Waals surface area contributed by atoms with Crippen molar-refractivity contribution in [2.75, 3.05) is 20.2 Å². The van der Waals surface area contributed by atoms with E-state index in [2.05, 4.69) is 38.6 Å². The second-order valence-electron chi connectivity index (χ2n) is 3.49. The Balaban J connectivity index is 2.53. The average Bonchev–Trinajstić information content (AvgIpc) is 2.64. The fourth-order valence-electron chi connectivity index (χ4n) is 1.43. The van der Waals surface area contributed by atoms with Crippen LogP contribution in [-0.4, -0.2) is 31.1 Å². The number of ether oxygens (including phenoxy) is 1. The first kappa shape index (κ1) is 13.7. The summed E-state index contributed by atoms with van der Waals surface area (Å²) in [5, 5.41) is 0. The van der Waals surface area contributed by atoms with Gasteiger partial charge in [-0.1, -0.05) is 6.92 Å². The van der Waals surface area contributed by atoms with Crippen molar-refractivity contribution in [1.29, 1.82) is 0 Å². The van der Waals surface area contributed by atoms with Crippen LogP contribution in [0.25, 0.3) is 0 Å². The summed E-state index contributed by atoms with van der Waals surface area (Å²) in [5.41, 5.74) is 0. The van der Waals surface area contributed by atoms with Crippen LogP contribution in [0, 0.1) is 0 Å². The fraction of sp³-hybridized carbons (Fsp3) is 0.545. The van der Waals surface area contributed by atoms with Gasteiger partial charge in [0.15, 0.2) is 0 Å². The van der Waals surface area contributed by atoms with E-state index in [0.29, 0.717) is 6.54 Å². The molecule has 0 amide bonds. The van der Waals surface area contributed by atoms with Crippen LogP contribution in [-0.2, 0) is 16.1 Å². The SMILES string of the molecule is CCCN(CC(=O)OC)Cc1ccc(Br)s1. The van der Waals surface area contributed by atoms with Crippen LogP contribution >= 0.6 is 27.3 Å². The van der Waals surface area contributed by atoms with Crippen molar-refractivity contribution in [2.24, 2.45) is 0 Å². The molecular weight excluding hydrogens is 290 g/mol. The van der Waals surface area contributed by atoms with Crippen LogP contribution in [0.2, 0.25) is 0 Å². The lowest BCUT2D eigenvalue weighted by atomic mass is 10.3. The molecule has 1 aromatic rings. The lowest BCUT2D eigenvalue weighted by Crippen LogP contribution is -2.30. The van der Waals surface area contributed by atoms with E-state index in [4.69, 9.17) is 0 Å². The molecule has 0 aliphatic rings. The lowest BCUT2D eigenvalue weighted by molar-refractivity contribution is -0.142. The van der Waals surface area contributed by atoms with Gasteiger partial charge < -0.3 is 4.74 Å². The minimum Gasteiger partial charge on any atom is -0.468 e. The lowest BCUT2D eigenvalue weighted by Gasteiger charge is -2.19. The van der Waals surface area contributed by atoms with Crippen molar-refractivity contribution in [3.8, 4) is 0 Å². The third-order valence-corrected chi connectivity index (χ3v) is 3.74. The van der Waals surface area contributed by atoms with Crippen LogP contribution < -0.4 is 0 Å². The number of hydrogen-bond donors (Lipinski definition) is 0. The summed E-state index contributed by atoms with van der Waals surface area (Å²) in [4.78, 5) is 14.6. The molecule has 0 aromatic carbocycles. The van der Waals surface area contributed by atoms with Crippen LogP contribution in [0.3, 0.4) is 0 Å². The molecule has 90 valence electrons. The fourth-order valence-corrected chi connectivity index (χ4v) is 2.96. The van der Waals surface area contributed by atoms with Crippen molar-refractivity contribution < 1.29 is 9.53 Å². The van der Waals surface area contributed by atoms with Gasteiger partial charge in [-0.25, -0.2) is 0 Å². The molecule has 0 atom stereocenters. The van der Waals surface area contributed by atoms with E-state index < -0.39 is 0 Å². The van der Waals surface area contributed by atoms with Gasteiger partial charge in [0.1, 0.15) is 0 Å². The zero-order valence-electron chi connectivity index (χ0n) is 9.53. The van der Waals surface area contributed by atoms with Crippen LogP contribution in [0.1, 0.15) is 18.2 Å². The summed E-state index contributed by atoms with van der Waals surface area (Å²) < 4.78 is 5.81. The Morgan fingerprint density at radius 2 is 2.31 bits per heavy atom. The zero-order chi connectivity index (χ0) is 12.0. The topological polar surface area (TPSA) is 29.5 Å². The van der Waals surface area contributed by atoms with Gasteiger partial charge >= 0.3 is 5.97 Å². The van der Waals surface area contributed by atoms with Crippen molar-refractivity contribution in [3.63, 3.8) is 0 Å². The largest absolute Gasteiger partial charge is 0.468 e. The molecule has 1 aromatic heterocycles. The summed E-state index contributed by atoms with van der Waals surface area (Å²) in [6, 6.07) is 4.11. The zero-order valence-corrected chi connectivity index (χ0v) is 11.9. The van der Waals surface area contributed by atoms with Gasteiger partial charge in [-0.05, 0) is 41.0 Å². The Kier molecular flexibility index (Phi) is 6.01. The van der Waals surface area contributed by atoms with E-state index in [1.807, 2.05) is 6.07 Å². The van der Waals surface area contributed by atoms with Gasteiger partial charge in [-0.15, -0.1) is 11.3 Å². The molecule has 16 heavy (non-hydrogen) atoms. The molecule has 1 rings (SSSR count). The summed E-state index contributed by atoms with van der Waals surface area (Å²) in [7, 11) is 1.42. The Morgan fingerprint density at radius 1 is 1.56 bits per heavy atom. The molecule has 0 saturated carbocycles. The standard InChI is InChI=1S/C11H16BrNO2S/c1-3-6-13(8-11(14)15-2)7-9-4-5-10(12)16-9/h4-5H,3,6-8H2,1-2H3. The Bertz CT molecular complexity index is 340. The maximum Gasteiger partial charge on any atom is 0.319 e. The molecule has 0 saturated heterocycles. The maximum absolute atomic E-state index is 11.2. The molecule has 0 unspecified atom stereocenters. The molecule has 0 spiro atoms. The van der Waals surface area contributed by atoms with Gasteiger partial charge in [0.25, 0.3) is 0 Å². The highest BCUT2D eigenvalue weighted by atomic mass is 79.9. The number of methoxy groups -OCH3 is 1. The number of carbonyl (C=O) groups excluding carboxylic acids is 1. The number of esters is 1. The minimum atomic E-state index is -0.177. The van der Waals surface area contributed by atoms with Gasteiger partial charge in [0.2, 0.25) is 0 Å². The van der Waals surface area contributed by atoms with E-state index in [0.717, 1.165) is 23.3 Å². The monoisotopic (exact) mass is 305 g/mol. The maximum atomic E-state index is 11.2. The third kappa shape index (κ3) is 4.63. The predicted molar refractivity (Wildman–Crippen MR) is 69.6 cm³/mol. The van der Waals surface area contributed by atoms with E-state index in [9.17, 15) is 4.79 Å². The molecule has 0 N–H and O–H groups in total. The highest BCUT2D eigenvalue weighted by Gasteiger charge is 2.11. The van der Waals surface area contributed by atoms with Gasteiger partial charge in [-0.3, -0.25) is 9.69 Å². The molecule has 3 nitrogen and oxygen atoms in total. The highest BCUT2D eigenvalue weighted by molar-refractivity contribution is 9.11. The third-order valence-electron chi connectivity index (χ3n) is 2.13. The van der Waals surface area contributed by atoms with Gasteiger partial charge in [-0.2, -0.15) is 0 Å². The van der Waals surface area contributed by atoms with Crippen LogP contribution in [0.4, 0.5) is 0 Å². The molecule has 0 aliphatic carbocycles. The summed E-state index contributed by atoms with van der Waals surface area (Å²) in [5.74, 6) is -0.177. The summed E-state index contributed by atoms with van der Waals surface area (Å²) in [6.45, 7) is 4.18. The molecule has 5 heteroatoms. The summed E-state index contributed by atoms with van der Waals surface area (Å²) in [6.07, 6.45) is 1.03. The Hall–Kier alpha value is -0.390. The molecule has 1 heterocycles.